The van der Waals surface area contributed by atoms with Gasteiger partial charge in [0.1, 0.15) is 12.1 Å². The van der Waals surface area contributed by atoms with Crippen molar-refractivity contribution in [1.82, 2.24) is 28.9 Å². The molecular weight excluding hydrogens is 528 g/mol. The van der Waals surface area contributed by atoms with Gasteiger partial charge in [0, 0.05) is 19.9 Å². The smallest absolute Gasteiger partial charge is 0.295 e. The van der Waals surface area contributed by atoms with Crippen LogP contribution in [-0.2, 0) is 32.8 Å². The molecule has 6 rings (SSSR count). The van der Waals surface area contributed by atoms with E-state index in [0.29, 0.717) is 22.1 Å². The third kappa shape index (κ3) is 4.21. The van der Waals surface area contributed by atoms with Crippen molar-refractivity contribution in [2.45, 2.75) is 64.1 Å². The Morgan fingerprint density at radius 3 is 1.98 bits per heavy atom. The van der Waals surface area contributed by atoms with E-state index in [2.05, 4.69) is 10.6 Å². The number of hydrogen-bond donors (Lipinski definition) is 2. The summed E-state index contributed by atoms with van der Waals surface area (Å²) in [6.45, 7) is 4.24. The Balaban J connectivity index is 1.48. The zero-order valence-electron chi connectivity index (χ0n) is 23.0. The van der Waals surface area contributed by atoms with Crippen LogP contribution < -0.4 is 22.0 Å². The molecule has 4 heterocycles. The highest BCUT2D eigenvalue weighted by molar-refractivity contribution is 6.01. The third-order valence-electron chi connectivity index (χ3n) is 8.17. The third-order valence-corrected chi connectivity index (χ3v) is 8.17. The number of para-hydroxylation sites is 1. The van der Waals surface area contributed by atoms with Crippen molar-refractivity contribution in [1.29, 1.82) is 0 Å². The monoisotopic (exact) mass is 558 g/mol. The molecule has 0 bridgehead atoms. The fourth-order valence-electron chi connectivity index (χ4n) is 6.13. The zero-order chi connectivity index (χ0) is 29.2. The number of benzene rings is 2. The highest BCUT2D eigenvalue weighted by atomic mass is 16.2. The lowest BCUT2D eigenvalue weighted by molar-refractivity contribution is -0.137. The number of amides is 4. The van der Waals surface area contributed by atoms with Gasteiger partial charge in [-0.15, -0.1) is 0 Å². The van der Waals surface area contributed by atoms with Crippen LogP contribution in [0.25, 0.3) is 22.1 Å². The fourth-order valence-corrected chi connectivity index (χ4v) is 6.13. The molecule has 41 heavy (non-hydrogen) atoms. The summed E-state index contributed by atoms with van der Waals surface area (Å²) in [6, 6.07) is 9.42. The molecule has 2 saturated heterocycles. The standard InChI is InChI=1S/C29H30N6O6/c1-15(2)17-5-4-6-19-25(17)33(29(41)35(19)21-10-12-24(37)31-27(21)39)14-16-7-8-18-22(13-16)32(3)28(40)34(18)20-9-11-23(36)30-26(20)38/h4-8,13,15,20-21H,9-12,14H2,1-3H3,(H,30,36,38)(H,31,37,39). The number of aromatic nitrogens is 4. The Morgan fingerprint density at radius 1 is 0.780 bits per heavy atom. The van der Waals surface area contributed by atoms with Crippen LogP contribution in [0.5, 0.6) is 0 Å². The van der Waals surface area contributed by atoms with Gasteiger partial charge in [-0.05, 0) is 48.1 Å². The predicted molar refractivity (Wildman–Crippen MR) is 149 cm³/mol. The molecule has 0 spiro atoms. The molecule has 12 nitrogen and oxygen atoms in total. The number of imide groups is 2. The van der Waals surface area contributed by atoms with Gasteiger partial charge in [0.25, 0.3) is 0 Å². The Labute approximate surface area is 233 Å². The van der Waals surface area contributed by atoms with E-state index in [9.17, 15) is 28.8 Å². The van der Waals surface area contributed by atoms with Crippen LogP contribution in [0.2, 0.25) is 0 Å². The van der Waals surface area contributed by atoms with Gasteiger partial charge in [-0.2, -0.15) is 0 Å². The van der Waals surface area contributed by atoms with Crippen LogP contribution >= 0.6 is 0 Å². The summed E-state index contributed by atoms with van der Waals surface area (Å²) in [5.41, 5.74) is 3.43. The second-order valence-corrected chi connectivity index (χ2v) is 11.1. The van der Waals surface area contributed by atoms with E-state index in [1.807, 2.05) is 44.2 Å². The average molecular weight is 559 g/mol. The van der Waals surface area contributed by atoms with E-state index in [0.717, 1.165) is 11.1 Å². The molecule has 2 aromatic carbocycles. The van der Waals surface area contributed by atoms with Gasteiger partial charge in [-0.1, -0.05) is 32.0 Å². The molecule has 2 aliphatic rings. The molecule has 0 saturated carbocycles. The summed E-state index contributed by atoms with van der Waals surface area (Å²) < 4.78 is 6.00. The van der Waals surface area contributed by atoms with Gasteiger partial charge in [-0.3, -0.25) is 48.1 Å². The number of aryl methyl sites for hydroxylation is 1. The van der Waals surface area contributed by atoms with Crippen LogP contribution in [0, 0.1) is 0 Å². The summed E-state index contributed by atoms with van der Waals surface area (Å²) in [6.07, 6.45) is 0.764. The first-order valence-corrected chi connectivity index (χ1v) is 13.7. The Bertz CT molecular complexity index is 1900. The van der Waals surface area contributed by atoms with Crippen LogP contribution in [0.3, 0.4) is 0 Å². The number of piperidine rings is 2. The van der Waals surface area contributed by atoms with Crippen LogP contribution in [0.1, 0.15) is 68.7 Å². The number of fused-ring (bicyclic) bond motifs is 2. The van der Waals surface area contributed by atoms with E-state index in [1.54, 1.807) is 17.7 Å². The van der Waals surface area contributed by atoms with E-state index >= 15 is 0 Å². The maximum Gasteiger partial charge on any atom is 0.330 e. The summed E-state index contributed by atoms with van der Waals surface area (Å²) in [4.78, 5) is 76.0. The molecule has 2 aliphatic heterocycles. The van der Waals surface area contributed by atoms with Gasteiger partial charge in [-0.25, -0.2) is 9.59 Å². The van der Waals surface area contributed by atoms with E-state index in [4.69, 9.17) is 0 Å². The number of rotatable bonds is 5. The summed E-state index contributed by atoms with van der Waals surface area (Å²) >= 11 is 0. The van der Waals surface area contributed by atoms with Crippen molar-refractivity contribution in [2.75, 3.05) is 0 Å². The van der Waals surface area contributed by atoms with Crippen LogP contribution in [-0.4, -0.2) is 41.9 Å². The second-order valence-electron chi connectivity index (χ2n) is 11.1. The molecule has 2 atom stereocenters. The largest absolute Gasteiger partial charge is 0.330 e. The number of carbonyl (C=O) groups is 4. The molecule has 4 amide bonds. The van der Waals surface area contributed by atoms with Gasteiger partial charge >= 0.3 is 11.4 Å². The Morgan fingerprint density at radius 2 is 1.39 bits per heavy atom. The topological polar surface area (TPSA) is 146 Å². The SMILES string of the molecule is CC(C)c1cccc2c1n(Cc1ccc3c(c1)n(C)c(=O)n3C1CCC(=O)NC1=O)c(=O)n2C1CCC(=O)NC1=O. The molecule has 2 aromatic heterocycles. The molecule has 0 aliphatic carbocycles. The quantitative estimate of drug-likeness (QED) is 0.356. The van der Waals surface area contributed by atoms with E-state index < -0.39 is 23.9 Å². The molecule has 2 fully saturated rings. The first kappa shape index (κ1) is 26.5. The first-order valence-electron chi connectivity index (χ1n) is 13.7. The van der Waals surface area contributed by atoms with Crippen molar-refractivity contribution >= 4 is 45.7 Å². The van der Waals surface area contributed by atoms with E-state index in [-0.39, 0.29) is 61.3 Å². The minimum atomic E-state index is -0.808. The summed E-state index contributed by atoms with van der Waals surface area (Å²) in [5, 5.41) is 4.67. The number of nitrogens with zero attached hydrogens (tertiary/aromatic N) is 4. The summed E-state index contributed by atoms with van der Waals surface area (Å²) in [5.74, 6) is -1.62. The molecule has 0 radical (unpaired) electrons. The average Bonchev–Trinajstić information content (AvgIpc) is 3.34. The minimum absolute atomic E-state index is 0.0906. The Kier molecular flexibility index (Phi) is 6.28. The zero-order valence-corrected chi connectivity index (χ0v) is 23.0. The van der Waals surface area contributed by atoms with Crippen molar-refractivity contribution < 1.29 is 19.2 Å². The fraction of sp³-hybridized carbons (Fsp3) is 0.379. The Hall–Kier alpha value is -4.74. The van der Waals surface area contributed by atoms with Gasteiger partial charge in [0.15, 0.2) is 0 Å². The molecule has 12 heteroatoms. The highest BCUT2D eigenvalue weighted by Gasteiger charge is 2.33. The van der Waals surface area contributed by atoms with Crippen LogP contribution in [0.4, 0.5) is 0 Å². The van der Waals surface area contributed by atoms with Crippen molar-refractivity contribution in [3.63, 3.8) is 0 Å². The van der Waals surface area contributed by atoms with Gasteiger partial charge in [0.05, 0.1) is 28.6 Å². The van der Waals surface area contributed by atoms with E-state index in [1.165, 1.54) is 13.7 Å². The lowest BCUT2D eigenvalue weighted by Gasteiger charge is -2.22. The molecule has 2 N–H and O–H groups in total. The normalized spacial score (nSPS) is 19.8. The number of carbonyl (C=O) groups excluding carboxylic acids is 4. The van der Waals surface area contributed by atoms with Gasteiger partial charge < -0.3 is 0 Å². The molecular formula is C29H30N6O6. The first-order chi connectivity index (χ1) is 19.6. The maximum atomic E-state index is 14.0. The second kappa shape index (κ2) is 9.72. The number of hydrogen-bond acceptors (Lipinski definition) is 6. The van der Waals surface area contributed by atoms with Crippen molar-refractivity contribution in [2.24, 2.45) is 7.05 Å². The van der Waals surface area contributed by atoms with Crippen molar-refractivity contribution in [3.05, 3.63) is 68.5 Å². The lowest BCUT2D eigenvalue weighted by atomic mass is 10.0. The number of imidazole rings is 2. The van der Waals surface area contributed by atoms with Crippen LogP contribution in [0.15, 0.2) is 46.0 Å². The van der Waals surface area contributed by atoms with Crippen molar-refractivity contribution in [3.8, 4) is 0 Å². The predicted octanol–water partition coefficient (Wildman–Crippen LogP) is 1.58. The highest BCUT2D eigenvalue weighted by Crippen LogP contribution is 2.30. The molecule has 2 unspecified atom stereocenters. The molecule has 212 valence electrons. The maximum absolute atomic E-state index is 14.0. The molecule has 4 aromatic rings. The number of nitrogens with one attached hydrogen (secondary N) is 2. The summed E-state index contributed by atoms with van der Waals surface area (Å²) in [7, 11) is 1.62. The van der Waals surface area contributed by atoms with Gasteiger partial charge in [0.2, 0.25) is 23.6 Å². The lowest BCUT2D eigenvalue weighted by Crippen LogP contribution is -2.44. The minimum Gasteiger partial charge on any atom is -0.295 e.